The maximum absolute atomic E-state index is 12.5. The summed E-state index contributed by atoms with van der Waals surface area (Å²) >= 11 is 5.29. The number of para-hydroxylation sites is 2. The lowest BCUT2D eigenvalue weighted by Gasteiger charge is -2.11. The van der Waals surface area contributed by atoms with E-state index in [4.69, 9.17) is 21.4 Å². The Bertz CT molecular complexity index is 1200. The molecule has 0 saturated heterocycles. The first-order valence-electron chi connectivity index (χ1n) is 10.9. The largest absolute Gasteiger partial charge is 0.494 e. The average molecular weight is 460 g/mol. The van der Waals surface area contributed by atoms with E-state index in [-0.39, 0.29) is 11.0 Å². The van der Waals surface area contributed by atoms with Crippen LogP contribution in [0, 0.1) is 0 Å². The third-order valence-electron chi connectivity index (χ3n) is 5.02. The molecule has 0 aliphatic carbocycles. The van der Waals surface area contributed by atoms with Crippen LogP contribution in [0.15, 0.2) is 77.2 Å². The van der Waals surface area contributed by atoms with Gasteiger partial charge >= 0.3 is 0 Å². The van der Waals surface area contributed by atoms with Crippen molar-refractivity contribution in [2.45, 2.75) is 26.2 Å². The van der Waals surface area contributed by atoms with Gasteiger partial charge in [-0.15, -0.1) is 0 Å². The van der Waals surface area contributed by atoms with Gasteiger partial charge in [0.2, 0.25) is 0 Å². The summed E-state index contributed by atoms with van der Waals surface area (Å²) in [7, 11) is 0. The molecule has 33 heavy (non-hydrogen) atoms. The molecular formula is C26H25N3O3S. The average Bonchev–Trinajstić information content (AvgIpc) is 3.23. The Morgan fingerprint density at radius 2 is 1.79 bits per heavy atom. The highest BCUT2D eigenvalue weighted by molar-refractivity contribution is 7.80. The maximum Gasteiger partial charge on any atom is 0.257 e. The number of thiocarbonyl (C=S) groups is 1. The normalized spacial score (nSPS) is 10.7. The predicted octanol–water partition coefficient (Wildman–Crippen LogP) is 5.72. The minimum atomic E-state index is -0.278. The van der Waals surface area contributed by atoms with Crippen LogP contribution in [-0.2, 0) is 6.42 Å². The number of hydrogen-bond donors (Lipinski definition) is 2. The van der Waals surface area contributed by atoms with Crippen molar-refractivity contribution >= 4 is 40.0 Å². The van der Waals surface area contributed by atoms with Crippen molar-refractivity contribution in [1.82, 2.24) is 10.3 Å². The number of oxazole rings is 1. The van der Waals surface area contributed by atoms with Crippen molar-refractivity contribution in [3.8, 4) is 5.75 Å². The van der Waals surface area contributed by atoms with Crippen molar-refractivity contribution in [3.05, 3.63) is 89.8 Å². The number of unbranched alkanes of at least 4 members (excludes halogenated alkanes) is 1. The summed E-state index contributed by atoms with van der Waals surface area (Å²) in [4.78, 5) is 17.0. The van der Waals surface area contributed by atoms with Gasteiger partial charge in [0.05, 0.1) is 6.61 Å². The maximum atomic E-state index is 12.5. The molecule has 0 spiro atoms. The molecule has 0 radical (unpaired) electrons. The molecule has 4 rings (SSSR count). The molecule has 0 bridgehead atoms. The van der Waals surface area contributed by atoms with E-state index < -0.39 is 0 Å². The zero-order chi connectivity index (χ0) is 23.0. The third-order valence-corrected chi connectivity index (χ3v) is 5.22. The SMILES string of the molecule is CCCCOc1ccc(C(=O)NC(=S)Nc2ccc(Cc3nc4ccccc4o3)cc2)cc1. The number of amides is 1. The van der Waals surface area contributed by atoms with Crippen LogP contribution in [0.2, 0.25) is 0 Å². The highest BCUT2D eigenvalue weighted by atomic mass is 32.1. The van der Waals surface area contributed by atoms with Crippen LogP contribution in [0.25, 0.3) is 11.1 Å². The van der Waals surface area contributed by atoms with Crippen molar-refractivity contribution in [2.24, 2.45) is 0 Å². The number of aromatic nitrogens is 1. The minimum Gasteiger partial charge on any atom is -0.494 e. The van der Waals surface area contributed by atoms with Gasteiger partial charge in [-0.25, -0.2) is 4.98 Å². The van der Waals surface area contributed by atoms with Crippen LogP contribution in [0.5, 0.6) is 5.75 Å². The Labute approximate surface area is 198 Å². The lowest BCUT2D eigenvalue weighted by molar-refractivity contribution is 0.0977. The second kappa shape index (κ2) is 10.7. The van der Waals surface area contributed by atoms with Crippen LogP contribution < -0.4 is 15.4 Å². The predicted molar refractivity (Wildman–Crippen MR) is 134 cm³/mol. The number of anilines is 1. The van der Waals surface area contributed by atoms with Gasteiger partial charge in [0, 0.05) is 17.7 Å². The van der Waals surface area contributed by atoms with E-state index in [2.05, 4.69) is 22.5 Å². The molecule has 0 fully saturated rings. The summed E-state index contributed by atoms with van der Waals surface area (Å²) in [5.41, 5.74) is 3.98. The van der Waals surface area contributed by atoms with Crippen LogP contribution >= 0.6 is 12.2 Å². The molecule has 3 aromatic carbocycles. The second-order valence-electron chi connectivity index (χ2n) is 7.58. The van der Waals surface area contributed by atoms with Crippen molar-refractivity contribution < 1.29 is 13.9 Å². The standard InChI is InChI=1S/C26H25N3O3S/c1-2-3-16-31-21-14-10-19(11-15-21)25(30)29-26(33)27-20-12-8-18(9-13-20)17-24-28-22-6-4-5-7-23(22)32-24/h4-15H,2-3,16-17H2,1H3,(H2,27,29,30,33). The fourth-order valence-corrected chi connectivity index (χ4v) is 3.46. The number of fused-ring (bicyclic) bond motifs is 1. The van der Waals surface area contributed by atoms with Crippen molar-refractivity contribution in [3.63, 3.8) is 0 Å². The number of rotatable bonds is 8. The zero-order valence-electron chi connectivity index (χ0n) is 18.3. The zero-order valence-corrected chi connectivity index (χ0v) is 19.2. The Balaban J connectivity index is 1.28. The number of carbonyl (C=O) groups is 1. The number of benzene rings is 3. The lowest BCUT2D eigenvalue weighted by Crippen LogP contribution is -2.34. The van der Waals surface area contributed by atoms with Gasteiger partial charge in [0.25, 0.3) is 5.91 Å². The van der Waals surface area contributed by atoms with Crippen molar-refractivity contribution in [2.75, 3.05) is 11.9 Å². The summed E-state index contributed by atoms with van der Waals surface area (Å²) in [5.74, 6) is 1.14. The number of ether oxygens (including phenoxy) is 1. The molecule has 1 aromatic heterocycles. The molecule has 0 saturated carbocycles. The van der Waals surface area contributed by atoms with Crippen molar-refractivity contribution in [1.29, 1.82) is 0 Å². The van der Waals surface area contributed by atoms with Crippen LogP contribution in [0.3, 0.4) is 0 Å². The summed E-state index contributed by atoms with van der Waals surface area (Å²) in [6, 6.07) is 22.5. The molecule has 2 N–H and O–H groups in total. The lowest BCUT2D eigenvalue weighted by atomic mass is 10.1. The monoisotopic (exact) mass is 459 g/mol. The van der Waals surface area contributed by atoms with Gasteiger partial charge in [0.1, 0.15) is 11.3 Å². The molecule has 168 valence electrons. The van der Waals surface area contributed by atoms with E-state index in [9.17, 15) is 4.79 Å². The molecule has 0 unspecified atom stereocenters. The van der Waals surface area contributed by atoms with E-state index in [1.165, 1.54) is 0 Å². The molecule has 0 atom stereocenters. The molecule has 7 heteroatoms. The Kier molecular flexibility index (Phi) is 7.32. The van der Waals surface area contributed by atoms with Gasteiger partial charge in [-0.3, -0.25) is 10.1 Å². The summed E-state index contributed by atoms with van der Waals surface area (Å²) in [5, 5.41) is 5.97. The highest BCUT2D eigenvalue weighted by Gasteiger charge is 2.09. The summed E-state index contributed by atoms with van der Waals surface area (Å²) < 4.78 is 11.4. The molecule has 1 amide bonds. The minimum absolute atomic E-state index is 0.231. The highest BCUT2D eigenvalue weighted by Crippen LogP contribution is 2.19. The molecule has 0 aliphatic heterocycles. The van der Waals surface area contributed by atoms with Crippen LogP contribution in [-0.4, -0.2) is 22.6 Å². The van der Waals surface area contributed by atoms with E-state index >= 15 is 0 Å². The first-order chi connectivity index (χ1) is 16.1. The van der Waals surface area contributed by atoms with Gasteiger partial charge in [-0.05, 0) is 72.7 Å². The molecule has 1 heterocycles. The number of hydrogen-bond acceptors (Lipinski definition) is 5. The first-order valence-corrected chi connectivity index (χ1v) is 11.3. The third kappa shape index (κ3) is 6.17. The summed E-state index contributed by atoms with van der Waals surface area (Å²) in [6.45, 7) is 2.78. The van der Waals surface area contributed by atoms with Crippen LogP contribution in [0.4, 0.5) is 5.69 Å². The molecule has 0 aliphatic rings. The molecule has 4 aromatic rings. The van der Waals surface area contributed by atoms with Gasteiger partial charge in [-0.2, -0.15) is 0 Å². The first kappa shape index (κ1) is 22.5. The van der Waals surface area contributed by atoms with Gasteiger partial charge in [0.15, 0.2) is 16.6 Å². The number of nitrogens with zero attached hydrogens (tertiary/aromatic N) is 1. The molecular weight excluding hydrogens is 434 g/mol. The molecule has 6 nitrogen and oxygen atoms in total. The Morgan fingerprint density at radius 3 is 2.52 bits per heavy atom. The Morgan fingerprint density at radius 1 is 1.03 bits per heavy atom. The van der Waals surface area contributed by atoms with E-state index in [1.54, 1.807) is 24.3 Å². The fraction of sp³-hybridized carbons (Fsp3) is 0.192. The second-order valence-corrected chi connectivity index (χ2v) is 7.99. The fourth-order valence-electron chi connectivity index (χ4n) is 3.25. The van der Waals surface area contributed by atoms with Gasteiger partial charge in [-0.1, -0.05) is 37.6 Å². The number of nitrogens with one attached hydrogen (secondary N) is 2. The topological polar surface area (TPSA) is 76.4 Å². The van der Waals surface area contributed by atoms with E-state index in [0.29, 0.717) is 24.5 Å². The van der Waals surface area contributed by atoms with E-state index in [1.807, 2.05) is 48.5 Å². The smallest absolute Gasteiger partial charge is 0.257 e. The Hall–Kier alpha value is -3.71. The van der Waals surface area contributed by atoms with Crippen LogP contribution in [0.1, 0.15) is 41.6 Å². The summed E-state index contributed by atoms with van der Waals surface area (Å²) in [6.07, 6.45) is 2.67. The quantitative estimate of drug-likeness (QED) is 0.259. The van der Waals surface area contributed by atoms with E-state index in [0.717, 1.165) is 40.9 Å². The van der Waals surface area contributed by atoms with Gasteiger partial charge < -0.3 is 14.5 Å². The number of carbonyl (C=O) groups excluding carboxylic acids is 1.